The van der Waals surface area contributed by atoms with Crippen molar-refractivity contribution in [1.29, 1.82) is 0 Å². The lowest BCUT2D eigenvalue weighted by Gasteiger charge is -2.33. The molecule has 0 bridgehead atoms. The second-order valence-corrected chi connectivity index (χ2v) is 9.06. The largest absolute Gasteiger partial charge is 0.491 e. The SMILES string of the molecule is O=C1N(Cc2cccc(Cl)c2)C[C@@H]2C[C@@H](c3ccc(OCCO)cc3)N3CCC[C@@]123. The summed E-state index contributed by atoms with van der Waals surface area (Å²) in [7, 11) is 0. The van der Waals surface area contributed by atoms with E-state index in [0.29, 0.717) is 24.1 Å². The van der Waals surface area contributed by atoms with Crippen LogP contribution < -0.4 is 4.74 Å². The summed E-state index contributed by atoms with van der Waals surface area (Å²) in [5.41, 5.74) is 2.00. The Labute approximate surface area is 182 Å². The number of amides is 1. The fourth-order valence-electron chi connectivity index (χ4n) is 5.84. The number of nitrogens with zero attached hydrogens (tertiary/aromatic N) is 2. The van der Waals surface area contributed by atoms with Crippen molar-refractivity contribution >= 4 is 17.5 Å². The molecule has 5 nitrogen and oxygen atoms in total. The number of hydrogen-bond donors (Lipinski definition) is 1. The van der Waals surface area contributed by atoms with Crippen LogP contribution in [0.1, 0.15) is 36.4 Å². The van der Waals surface area contributed by atoms with Crippen LogP contribution in [0, 0.1) is 5.92 Å². The van der Waals surface area contributed by atoms with Crippen LogP contribution in [0.4, 0.5) is 0 Å². The van der Waals surface area contributed by atoms with Gasteiger partial charge in [0.1, 0.15) is 17.9 Å². The van der Waals surface area contributed by atoms with E-state index in [1.54, 1.807) is 0 Å². The van der Waals surface area contributed by atoms with E-state index in [1.165, 1.54) is 5.56 Å². The Hall–Kier alpha value is -2.08. The van der Waals surface area contributed by atoms with E-state index in [1.807, 2.05) is 41.3 Å². The highest BCUT2D eigenvalue weighted by Crippen LogP contribution is 2.56. The maximum atomic E-state index is 13.6. The molecule has 3 fully saturated rings. The molecule has 3 heterocycles. The van der Waals surface area contributed by atoms with E-state index in [4.69, 9.17) is 21.4 Å². The van der Waals surface area contributed by atoms with Crippen molar-refractivity contribution in [3.63, 3.8) is 0 Å². The quantitative estimate of drug-likeness (QED) is 0.766. The molecule has 5 rings (SSSR count). The van der Waals surface area contributed by atoms with E-state index < -0.39 is 0 Å². The van der Waals surface area contributed by atoms with Gasteiger partial charge in [0, 0.05) is 30.1 Å². The Morgan fingerprint density at radius 1 is 1.20 bits per heavy atom. The van der Waals surface area contributed by atoms with Gasteiger partial charge in [0.05, 0.1) is 6.61 Å². The van der Waals surface area contributed by atoms with Crippen molar-refractivity contribution in [2.24, 2.45) is 5.92 Å². The summed E-state index contributed by atoms with van der Waals surface area (Å²) in [5.74, 6) is 1.42. The van der Waals surface area contributed by atoms with Gasteiger partial charge in [-0.3, -0.25) is 9.69 Å². The third-order valence-corrected chi connectivity index (χ3v) is 7.25. The second kappa shape index (κ2) is 7.88. The highest BCUT2D eigenvalue weighted by molar-refractivity contribution is 6.30. The van der Waals surface area contributed by atoms with Crippen molar-refractivity contribution in [3.8, 4) is 5.75 Å². The number of aliphatic hydroxyl groups excluding tert-OH is 1. The number of halogens is 1. The van der Waals surface area contributed by atoms with Gasteiger partial charge in [-0.1, -0.05) is 35.9 Å². The van der Waals surface area contributed by atoms with Gasteiger partial charge >= 0.3 is 0 Å². The monoisotopic (exact) mass is 426 g/mol. The minimum Gasteiger partial charge on any atom is -0.491 e. The Bertz CT molecular complexity index is 934. The molecule has 1 spiro atoms. The van der Waals surface area contributed by atoms with Gasteiger partial charge in [0.2, 0.25) is 5.91 Å². The number of aliphatic hydroxyl groups is 1. The molecular formula is C24H27ClN2O3. The number of ether oxygens (including phenoxy) is 1. The van der Waals surface area contributed by atoms with Crippen LogP contribution in [0.25, 0.3) is 0 Å². The summed E-state index contributed by atoms with van der Waals surface area (Å²) < 4.78 is 5.50. The molecule has 1 amide bonds. The van der Waals surface area contributed by atoms with Crippen LogP contribution in [-0.4, -0.2) is 52.7 Å². The lowest BCUT2D eigenvalue weighted by Crippen LogP contribution is -2.49. The minimum atomic E-state index is -0.338. The third-order valence-electron chi connectivity index (χ3n) is 7.01. The summed E-state index contributed by atoms with van der Waals surface area (Å²) >= 11 is 6.14. The van der Waals surface area contributed by atoms with Gasteiger partial charge in [-0.25, -0.2) is 0 Å². The fourth-order valence-corrected chi connectivity index (χ4v) is 6.05. The van der Waals surface area contributed by atoms with E-state index in [2.05, 4.69) is 17.0 Å². The van der Waals surface area contributed by atoms with Gasteiger partial charge in [0.15, 0.2) is 0 Å². The fraction of sp³-hybridized carbons (Fsp3) is 0.458. The molecule has 0 unspecified atom stereocenters. The third kappa shape index (κ3) is 3.20. The zero-order valence-electron chi connectivity index (χ0n) is 17.0. The first kappa shape index (κ1) is 19.9. The molecule has 0 aliphatic carbocycles. The molecule has 158 valence electrons. The van der Waals surface area contributed by atoms with Crippen LogP contribution in [0.2, 0.25) is 5.02 Å². The van der Waals surface area contributed by atoms with Crippen LogP contribution >= 0.6 is 11.6 Å². The summed E-state index contributed by atoms with van der Waals surface area (Å²) in [6.45, 7) is 2.73. The molecule has 0 radical (unpaired) electrons. The molecule has 0 saturated carbocycles. The molecule has 3 atom stereocenters. The number of carbonyl (C=O) groups excluding carboxylic acids is 1. The van der Waals surface area contributed by atoms with E-state index in [9.17, 15) is 4.79 Å². The molecule has 2 aromatic rings. The molecule has 3 aliphatic rings. The van der Waals surface area contributed by atoms with Crippen molar-refractivity contribution < 1.29 is 14.6 Å². The molecular weight excluding hydrogens is 400 g/mol. The number of hydrogen-bond acceptors (Lipinski definition) is 4. The van der Waals surface area contributed by atoms with Gasteiger partial charge in [-0.2, -0.15) is 0 Å². The van der Waals surface area contributed by atoms with Gasteiger partial charge in [-0.05, 0) is 61.2 Å². The highest BCUT2D eigenvalue weighted by Gasteiger charge is 2.65. The molecule has 30 heavy (non-hydrogen) atoms. The van der Waals surface area contributed by atoms with Crippen LogP contribution in [-0.2, 0) is 11.3 Å². The number of rotatable bonds is 6. The second-order valence-electron chi connectivity index (χ2n) is 8.63. The number of benzene rings is 2. The van der Waals surface area contributed by atoms with Gasteiger partial charge in [0.25, 0.3) is 0 Å². The summed E-state index contributed by atoms with van der Waals surface area (Å²) in [6, 6.07) is 16.2. The van der Waals surface area contributed by atoms with Gasteiger partial charge < -0.3 is 14.7 Å². The average molecular weight is 427 g/mol. The maximum Gasteiger partial charge on any atom is 0.243 e. The smallest absolute Gasteiger partial charge is 0.243 e. The van der Waals surface area contributed by atoms with Crippen molar-refractivity contribution in [1.82, 2.24) is 9.80 Å². The molecule has 3 saturated heterocycles. The van der Waals surface area contributed by atoms with E-state index in [-0.39, 0.29) is 24.1 Å². The maximum absolute atomic E-state index is 13.6. The predicted octanol–water partition coefficient (Wildman–Crippen LogP) is 3.65. The van der Waals surface area contributed by atoms with Crippen LogP contribution in [0.15, 0.2) is 48.5 Å². The molecule has 2 aromatic carbocycles. The van der Waals surface area contributed by atoms with Crippen LogP contribution in [0.3, 0.4) is 0 Å². The Kier molecular flexibility index (Phi) is 5.21. The number of likely N-dealkylation sites (tertiary alicyclic amines) is 1. The van der Waals surface area contributed by atoms with Gasteiger partial charge in [-0.15, -0.1) is 0 Å². The van der Waals surface area contributed by atoms with Crippen molar-refractivity contribution in [2.45, 2.75) is 37.4 Å². The lowest BCUT2D eigenvalue weighted by molar-refractivity contribution is -0.137. The predicted molar refractivity (Wildman–Crippen MR) is 115 cm³/mol. The van der Waals surface area contributed by atoms with Crippen molar-refractivity contribution in [2.75, 3.05) is 26.3 Å². The Morgan fingerprint density at radius 2 is 2.03 bits per heavy atom. The molecule has 1 N–H and O–H groups in total. The first-order chi connectivity index (χ1) is 14.6. The van der Waals surface area contributed by atoms with E-state index >= 15 is 0 Å². The summed E-state index contributed by atoms with van der Waals surface area (Å²) in [6.07, 6.45) is 3.03. The van der Waals surface area contributed by atoms with Crippen molar-refractivity contribution in [3.05, 3.63) is 64.7 Å². The Balaban J connectivity index is 1.35. The van der Waals surface area contributed by atoms with E-state index in [0.717, 1.165) is 43.7 Å². The highest BCUT2D eigenvalue weighted by atomic mass is 35.5. The Morgan fingerprint density at radius 3 is 2.80 bits per heavy atom. The standard InChI is InChI=1S/C24H27ClN2O3/c25-20-4-1-3-17(13-20)15-26-16-19-14-22(27-10-2-9-24(19,27)23(26)29)18-5-7-21(8-6-18)30-12-11-28/h1,3-8,13,19,22,28H,2,9-12,14-16H2/t19-,22-,24-/m0/s1. The molecule has 6 heteroatoms. The number of carbonyl (C=O) groups is 1. The summed E-state index contributed by atoms with van der Waals surface area (Å²) in [4.78, 5) is 18.1. The normalized spacial score (nSPS) is 28.1. The average Bonchev–Trinajstić information content (AvgIpc) is 3.38. The first-order valence-electron chi connectivity index (χ1n) is 10.8. The minimum absolute atomic E-state index is 0.0101. The first-order valence-corrected chi connectivity index (χ1v) is 11.1. The lowest BCUT2D eigenvalue weighted by atomic mass is 9.85. The zero-order chi connectivity index (χ0) is 20.7. The topological polar surface area (TPSA) is 53.0 Å². The molecule has 3 aliphatic heterocycles. The zero-order valence-corrected chi connectivity index (χ0v) is 17.7. The van der Waals surface area contributed by atoms with Crippen LogP contribution in [0.5, 0.6) is 5.75 Å². The molecule has 0 aromatic heterocycles. The summed E-state index contributed by atoms with van der Waals surface area (Å²) in [5, 5.41) is 9.64.